The largest absolute Gasteiger partial charge is 0.495 e. The van der Waals surface area contributed by atoms with Crippen LogP contribution in [0.2, 0.25) is 0 Å². The highest BCUT2D eigenvalue weighted by Gasteiger charge is 2.38. The van der Waals surface area contributed by atoms with Crippen molar-refractivity contribution in [2.45, 2.75) is 23.5 Å². The topological polar surface area (TPSA) is 138 Å². The number of nitrogen functional groups attached to an aromatic ring is 1. The van der Waals surface area contributed by atoms with Crippen LogP contribution in [0.15, 0.2) is 23.4 Å². The monoisotopic (exact) mass is 406 g/mol. The molecule has 0 aliphatic carbocycles. The molecule has 1 atom stereocenters. The molecule has 0 aliphatic rings. The molecule has 14 heteroatoms. The van der Waals surface area contributed by atoms with Crippen LogP contribution < -0.4 is 15.9 Å². The Morgan fingerprint density at radius 1 is 1.44 bits per heavy atom. The number of carbonyl (C=O) groups excluding carboxylic acids is 1. The van der Waals surface area contributed by atoms with Gasteiger partial charge in [-0.05, 0) is 13.0 Å². The predicted molar refractivity (Wildman–Crippen MR) is 88.8 cm³/mol. The first-order chi connectivity index (χ1) is 12.5. The standard InChI is InChI=1S/C13H13F3N6O4S/c1-6(27-12-20-19-11(21(12)17)13(14,15)16)10(23)18-8-5-7(22(24)25)3-4-9(8)26-2/h3-6H,17H2,1-2H3,(H,18,23)/t6-/m1/s1. The molecule has 1 aromatic carbocycles. The zero-order chi connectivity index (χ0) is 20.4. The summed E-state index contributed by atoms with van der Waals surface area (Å²) in [5, 5.41) is 18.3. The average Bonchev–Trinajstić information content (AvgIpc) is 2.95. The van der Waals surface area contributed by atoms with E-state index in [9.17, 15) is 28.1 Å². The maximum Gasteiger partial charge on any atom is 0.453 e. The summed E-state index contributed by atoms with van der Waals surface area (Å²) in [6, 6.07) is 3.60. The second-order valence-electron chi connectivity index (χ2n) is 5.06. The van der Waals surface area contributed by atoms with Crippen molar-refractivity contribution >= 4 is 29.0 Å². The summed E-state index contributed by atoms with van der Waals surface area (Å²) >= 11 is 0.636. The number of alkyl halides is 3. The molecular formula is C13H13F3N6O4S. The fourth-order valence-corrected chi connectivity index (χ4v) is 2.67. The Hall–Kier alpha value is -3.03. The van der Waals surface area contributed by atoms with Crippen LogP contribution in [0.25, 0.3) is 0 Å². The molecule has 146 valence electrons. The Morgan fingerprint density at radius 3 is 2.63 bits per heavy atom. The molecule has 2 aromatic rings. The molecule has 0 unspecified atom stereocenters. The smallest absolute Gasteiger partial charge is 0.453 e. The lowest BCUT2D eigenvalue weighted by molar-refractivity contribution is -0.384. The number of hydrogen-bond donors (Lipinski definition) is 2. The zero-order valence-corrected chi connectivity index (χ0v) is 14.7. The van der Waals surface area contributed by atoms with Crippen molar-refractivity contribution in [2.75, 3.05) is 18.3 Å². The van der Waals surface area contributed by atoms with Gasteiger partial charge in [0, 0.05) is 12.1 Å². The van der Waals surface area contributed by atoms with E-state index < -0.39 is 28.1 Å². The van der Waals surface area contributed by atoms with Gasteiger partial charge in [0.05, 0.1) is 23.0 Å². The van der Waals surface area contributed by atoms with Gasteiger partial charge in [-0.3, -0.25) is 14.9 Å². The Bertz CT molecular complexity index is 872. The number of hydrogen-bond acceptors (Lipinski definition) is 8. The number of ether oxygens (including phenoxy) is 1. The Morgan fingerprint density at radius 2 is 2.11 bits per heavy atom. The summed E-state index contributed by atoms with van der Waals surface area (Å²) in [6.07, 6.45) is -4.79. The van der Waals surface area contributed by atoms with Crippen LogP contribution in [0.1, 0.15) is 12.7 Å². The third-order valence-electron chi connectivity index (χ3n) is 3.22. The molecule has 0 radical (unpaired) electrons. The first-order valence-corrected chi connectivity index (χ1v) is 8.00. The van der Waals surface area contributed by atoms with Crippen molar-refractivity contribution < 1.29 is 27.6 Å². The number of thioether (sulfide) groups is 1. The molecule has 0 saturated heterocycles. The molecule has 10 nitrogen and oxygen atoms in total. The van der Waals surface area contributed by atoms with E-state index in [2.05, 4.69) is 15.5 Å². The number of nitro benzene ring substituents is 1. The number of nitrogens with zero attached hydrogens (tertiary/aromatic N) is 4. The maximum absolute atomic E-state index is 12.7. The van der Waals surface area contributed by atoms with Crippen molar-refractivity contribution in [1.29, 1.82) is 0 Å². The number of non-ortho nitro benzene ring substituents is 1. The third-order valence-corrected chi connectivity index (χ3v) is 4.28. The molecule has 0 bridgehead atoms. The highest BCUT2D eigenvalue weighted by Crippen LogP contribution is 2.32. The summed E-state index contributed by atoms with van der Waals surface area (Å²) in [6.45, 7) is 1.39. The number of rotatable bonds is 6. The fraction of sp³-hybridized carbons (Fsp3) is 0.308. The van der Waals surface area contributed by atoms with Gasteiger partial charge in [0.25, 0.3) is 11.5 Å². The van der Waals surface area contributed by atoms with Gasteiger partial charge < -0.3 is 15.9 Å². The van der Waals surface area contributed by atoms with E-state index in [1.54, 1.807) is 0 Å². The summed E-state index contributed by atoms with van der Waals surface area (Å²) in [5.74, 6) is 3.43. The van der Waals surface area contributed by atoms with Crippen LogP contribution in [-0.4, -0.2) is 38.1 Å². The maximum atomic E-state index is 12.7. The lowest BCUT2D eigenvalue weighted by Crippen LogP contribution is -2.25. The van der Waals surface area contributed by atoms with E-state index in [1.807, 2.05) is 0 Å². The van der Waals surface area contributed by atoms with Gasteiger partial charge in [-0.25, -0.2) is 4.68 Å². The van der Waals surface area contributed by atoms with Crippen LogP contribution in [-0.2, 0) is 11.0 Å². The van der Waals surface area contributed by atoms with E-state index in [0.717, 1.165) is 6.07 Å². The second-order valence-corrected chi connectivity index (χ2v) is 6.37. The molecule has 0 fully saturated rings. The average molecular weight is 406 g/mol. The van der Waals surface area contributed by atoms with E-state index in [0.29, 0.717) is 11.8 Å². The Kier molecular flexibility index (Phi) is 5.78. The van der Waals surface area contributed by atoms with Gasteiger partial charge in [0.15, 0.2) is 0 Å². The number of amides is 1. The van der Waals surface area contributed by atoms with E-state index in [1.165, 1.54) is 26.2 Å². The lowest BCUT2D eigenvalue weighted by atomic mass is 10.2. The number of nitro groups is 1. The Labute approximate surface area is 154 Å². The van der Waals surface area contributed by atoms with Crippen molar-refractivity contribution in [3.05, 3.63) is 34.1 Å². The molecule has 1 heterocycles. The van der Waals surface area contributed by atoms with Gasteiger partial charge in [-0.1, -0.05) is 11.8 Å². The van der Waals surface area contributed by atoms with Crippen molar-refractivity contribution in [2.24, 2.45) is 0 Å². The normalized spacial score (nSPS) is 12.5. The molecule has 3 N–H and O–H groups in total. The number of aromatic nitrogens is 3. The summed E-state index contributed by atoms with van der Waals surface area (Å²) in [5.41, 5.74) is -0.239. The van der Waals surface area contributed by atoms with E-state index in [4.69, 9.17) is 10.6 Å². The molecule has 0 saturated carbocycles. The van der Waals surface area contributed by atoms with Crippen LogP contribution in [0.4, 0.5) is 24.5 Å². The number of benzene rings is 1. The highest BCUT2D eigenvalue weighted by atomic mass is 32.2. The first kappa shape index (κ1) is 20.3. The third kappa shape index (κ3) is 4.58. The molecule has 2 rings (SSSR count). The van der Waals surface area contributed by atoms with Crippen LogP contribution in [0.5, 0.6) is 5.75 Å². The van der Waals surface area contributed by atoms with Crippen LogP contribution >= 0.6 is 11.8 Å². The lowest BCUT2D eigenvalue weighted by Gasteiger charge is -2.14. The van der Waals surface area contributed by atoms with Crippen molar-refractivity contribution in [1.82, 2.24) is 14.9 Å². The number of anilines is 1. The molecule has 1 aromatic heterocycles. The highest BCUT2D eigenvalue weighted by molar-refractivity contribution is 8.00. The van der Waals surface area contributed by atoms with Gasteiger partial charge in [0.1, 0.15) is 5.75 Å². The van der Waals surface area contributed by atoms with E-state index in [-0.39, 0.29) is 27.0 Å². The summed E-state index contributed by atoms with van der Waals surface area (Å²) in [4.78, 5) is 22.5. The van der Waals surface area contributed by atoms with Gasteiger partial charge in [0.2, 0.25) is 11.1 Å². The van der Waals surface area contributed by atoms with Gasteiger partial charge >= 0.3 is 6.18 Å². The SMILES string of the molecule is COc1ccc([N+](=O)[O-])cc1NC(=O)[C@@H](C)Sc1nnc(C(F)(F)F)n1N. The van der Waals surface area contributed by atoms with Gasteiger partial charge in [-0.2, -0.15) is 13.2 Å². The number of methoxy groups -OCH3 is 1. The Balaban J connectivity index is 2.16. The first-order valence-electron chi connectivity index (χ1n) is 7.12. The van der Waals surface area contributed by atoms with Crippen molar-refractivity contribution in [3.63, 3.8) is 0 Å². The van der Waals surface area contributed by atoms with E-state index >= 15 is 0 Å². The molecular weight excluding hydrogens is 393 g/mol. The number of carbonyl (C=O) groups is 1. The molecule has 0 aliphatic heterocycles. The predicted octanol–water partition coefficient (Wildman–Crippen LogP) is 2.05. The fourth-order valence-electron chi connectivity index (χ4n) is 1.90. The minimum absolute atomic E-state index is 0.0364. The minimum atomic E-state index is -4.79. The summed E-state index contributed by atoms with van der Waals surface area (Å²) in [7, 11) is 1.31. The van der Waals surface area contributed by atoms with Gasteiger partial charge in [-0.15, -0.1) is 10.2 Å². The zero-order valence-electron chi connectivity index (χ0n) is 13.9. The van der Waals surface area contributed by atoms with Crippen LogP contribution in [0.3, 0.4) is 0 Å². The number of nitrogens with two attached hydrogens (primary N) is 1. The molecule has 27 heavy (non-hydrogen) atoms. The quantitative estimate of drug-likeness (QED) is 0.322. The molecule has 1 amide bonds. The second kappa shape index (κ2) is 7.69. The minimum Gasteiger partial charge on any atom is -0.495 e. The van der Waals surface area contributed by atoms with Crippen molar-refractivity contribution in [3.8, 4) is 5.75 Å². The molecule has 0 spiro atoms. The number of halogens is 3. The number of nitrogens with one attached hydrogen (secondary N) is 1. The summed E-state index contributed by atoms with van der Waals surface area (Å²) < 4.78 is 43.3. The van der Waals surface area contributed by atoms with Crippen LogP contribution in [0, 0.1) is 10.1 Å².